The van der Waals surface area contributed by atoms with Crippen LogP contribution in [0.5, 0.6) is 0 Å². The van der Waals surface area contributed by atoms with Gasteiger partial charge in [-0.15, -0.1) is 0 Å². The van der Waals surface area contributed by atoms with E-state index in [0.717, 1.165) is 30.8 Å². The van der Waals surface area contributed by atoms with Gasteiger partial charge in [-0.05, 0) is 19.3 Å². The lowest BCUT2D eigenvalue weighted by Crippen LogP contribution is -2.02. The summed E-state index contributed by atoms with van der Waals surface area (Å²) >= 11 is 0. The third kappa shape index (κ3) is 1.13. The Kier molecular flexibility index (Phi) is 1.83. The van der Waals surface area contributed by atoms with Gasteiger partial charge in [-0.1, -0.05) is 6.92 Å². The Labute approximate surface area is 76.2 Å². The molecular weight excluding hydrogens is 168 g/mol. The average Bonchev–Trinajstić information content (AvgIpc) is 2.59. The quantitative estimate of drug-likeness (QED) is 0.741. The van der Waals surface area contributed by atoms with E-state index in [2.05, 4.69) is 5.10 Å². The Morgan fingerprint density at radius 2 is 2.46 bits per heavy atom. The number of rotatable bonds is 2. The molecule has 2 rings (SSSR count). The predicted molar refractivity (Wildman–Crippen MR) is 46.9 cm³/mol. The predicted octanol–water partition coefficient (Wildman–Crippen LogP) is 1.09. The fraction of sp³-hybridized carbons (Fsp3) is 0.556. The second-order valence-corrected chi connectivity index (χ2v) is 3.25. The topological polar surface area (TPSA) is 55.1 Å². The Bertz CT molecular complexity index is 355. The summed E-state index contributed by atoms with van der Waals surface area (Å²) in [6.45, 7) is 2.81. The maximum absolute atomic E-state index is 10.9. The fourth-order valence-electron chi connectivity index (χ4n) is 1.88. The second-order valence-electron chi connectivity index (χ2n) is 3.25. The molecule has 70 valence electrons. The highest BCUT2D eigenvalue weighted by molar-refractivity contribution is 5.90. The SMILES string of the molecule is CCc1nn2c(c1C(=O)O)CCC2. The molecule has 1 aliphatic rings. The van der Waals surface area contributed by atoms with Crippen LogP contribution >= 0.6 is 0 Å². The number of aryl methyl sites for hydroxylation is 2. The lowest BCUT2D eigenvalue weighted by molar-refractivity contribution is 0.0694. The van der Waals surface area contributed by atoms with Gasteiger partial charge in [0.25, 0.3) is 0 Å². The maximum Gasteiger partial charge on any atom is 0.339 e. The summed E-state index contributed by atoms with van der Waals surface area (Å²) < 4.78 is 1.84. The van der Waals surface area contributed by atoms with Crippen molar-refractivity contribution in [1.29, 1.82) is 0 Å². The molecule has 0 aromatic carbocycles. The number of hydrogen-bond donors (Lipinski definition) is 1. The van der Waals surface area contributed by atoms with Crippen molar-refractivity contribution in [1.82, 2.24) is 9.78 Å². The van der Waals surface area contributed by atoms with Crippen molar-refractivity contribution in [3.8, 4) is 0 Å². The standard InChI is InChI=1S/C9H12N2O2/c1-2-6-8(9(12)13)7-4-3-5-11(7)10-6/h2-5H2,1H3,(H,12,13). The van der Waals surface area contributed by atoms with Crippen molar-refractivity contribution in [2.24, 2.45) is 0 Å². The van der Waals surface area contributed by atoms with Crippen molar-refractivity contribution >= 4 is 5.97 Å². The van der Waals surface area contributed by atoms with Gasteiger partial charge >= 0.3 is 5.97 Å². The third-order valence-corrected chi connectivity index (χ3v) is 2.46. The first-order valence-electron chi connectivity index (χ1n) is 4.56. The van der Waals surface area contributed by atoms with Gasteiger partial charge in [0, 0.05) is 6.54 Å². The third-order valence-electron chi connectivity index (χ3n) is 2.46. The molecular formula is C9H12N2O2. The average molecular weight is 180 g/mol. The fourth-order valence-corrected chi connectivity index (χ4v) is 1.88. The van der Waals surface area contributed by atoms with Gasteiger partial charge in [-0.2, -0.15) is 5.10 Å². The van der Waals surface area contributed by atoms with Gasteiger partial charge in [0.1, 0.15) is 5.56 Å². The highest BCUT2D eigenvalue weighted by Crippen LogP contribution is 2.22. The molecule has 1 aromatic heterocycles. The summed E-state index contributed by atoms with van der Waals surface area (Å²) in [7, 11) is 0. The summed E-state index contributed by atoms with van der Waals surface area (Å²) in [5, 5.41) is 13.3. The number of hydrogen-bond acceptors (Lipinski definition) is 2. The maximum atomic E-state index is 10.9. The Hall–Kier alpha value is -1.32. The molecule has 0 aliphatic carbocycles. The molecule has 0 bridgehead atoms. The van der Waals surface area contributed by atoms with E-state index in [-0.39, 0.29) is 0 Å². The van der Waals surface area contributed by atoms with E-state index >= 15 is 0 Å². The molecule has 1 aromatic rings. The van der Waals surface area contributed by atoms with Gasteiger partial charge < -0.3 is 5.11 Å². The van der Waals surface area contributed by atoms with Crippen LogP contribution in [0.1, 0.15) is 35.1 Å². The van der Waals surface area contributed by atoms with Crippen LogP contribution in [0.3, 0.4) is 0 Å². The minimum Gasteiger partial charge on any atom is -0.478 e. The van der Waals surface area contributed by atoms with Gasteiger partial charge in [-0.25, -0.2) is 4.79 Å². The van der Waals surface area contributed by atoms with Crippen molar-refractivity contribution in [2.75, 3.05) is 0 Å². The van der Waals surface area contributed by atoms with E-state index in [1.807, 2.05) is 11.6 Å². The molecule has 0 spiro atoms. The smallest absolute Gasteiger partial charge is 0.339 e. The normalized spacial score (nSPS) is 14.5. The first-order chi connectivity index (χ1) is 6.24. The lowest BCUT2D eigenvalue weighted by atomic mass is 10.1. The van der Waals surface area contributed by atoms with Gasteiger partial charge in [-0.3, -0.25) is 4.68 Å². The number of aromatic nitrogens is 2. The molecule has 0 unspecified atom stereocenters. The van der Waals surface area contributed by atoms with Gasteiger partial charge in [0.05, 0.1) is 11.4 Å². The Morgan fingerprint density at radius 1 is 1.69 bits per heavy atom. The zero-order chi connectivity index (χ0) is 9.42. The van der Waals surface area contributed by atoms with E-state index in [4.69, 9.17) is 5.11 Å². The zero-order valence-electron chi connectivity index (χ0n) is 7.58. The Morgan fingerprint density at radius 3 is 3.08 bits per heavy atom. The second kappa shape index (κ2) is 2.87. The Balaban J connectivity index is 2.55. The largest absolute Gasteiger partial charge is 0.478 e. The number of fused-ring (bicyclic) bond motifs is 1. The van der Waals surface area contributed by atoms with Crippen LogP contribution in [0.25, 0.3) is 0 Å². The molecule has 0 atom stereocenters. The molecule has 0 amide bonds. The summed E-state index contributed by atoms with van der Waals surface area (Å²) in [6.07, 6.45) is 2.57. The van der Waals surface area contributed by atoms with Crippen LogP contribution in [0.2, 0.25) is 0 Å². The van der Waals surface area contributed by atoms with Crippen LogP contribution < -0.4 is 0 Å². The van der Waals surface area contributed by atoms with E-state index in [1.54, 1.807) is 0 Å². The van der Waals surface area contributed by atoms with E-state index < -0.39 is 5.97 Å². The number of carbonyl (C=O) groups is 1. The van der Waals surface area contributed by atoms with Crippen LogP contribution in [-0.2, 0) is 19.4 Å². The number of nitrogens with zero attached hydrogens (tertiary/aromatic N) is 2. The first-order valence-corrected chi connectivity index (χ1v) is 4.56. The highest BCUT2D eigenvalue weighted by Gasteiger charge is 2.24. The van der Waals surface area contributed by atoms with Crippen LogP contribution in [-0.4, -0.2) is 20.9 Å². The van der Waals surface area contributed by atoms with E-state index in [1.165, 1.54) is 0 Å². The number of carboxylic acids is 1. The zero-order valence-corrected chi connectivity index (χ0v) is 7.58. The minimum atomic E-state index is -0.833. The minimum absolute atomic E-state index is 0.444. The van der Waals surface area contributed by atoms with Crippen molar-refractivity contribution < 1.29 is 9.90 Å². The summed E-state index contributed by atoms with van der Waals surface area (Å²) in [5.41, 5.74) is 2.08. The van der Waals surface area contributed by atoms with Crippen LogP contribution in [0.4, 0.5) is 0 Å². The number of carboxylic acid groups (broad SMARTS) is 1. The number of aromatic carboxylic acids is 1. The molecule has 4 nitrogen and oxygen atoms in total. The molecule has 13 heavy (non-hydrogen) atoms. The molecule has 1 aliphatic heterocycles. The van der Waals surface area contributed by atoms with Crippen LogP contribution in [0.15, 0.2) is 0 Å². The summed E-state index contributed by atoms with van der Waals surface area (Å²) in [5.74, 6) is -0.833. The highest BCUT2D eigenvalue weighted by atomic mass is 16.4. The first kappa shape index (κ1) is 8.29. The molecule has 1 N–H and O–H groups in total. The van der Waals surface area contributed by atoms with Crippen molar-refractivity contribution in [3.05, 3.63) is 17.0 Å². The molecule has 0 saturated carbocycles. The van der Waals surface area contributed by atoms with Gasteiger partial charge in [0.15, 0.2) is 0 Å². The van der Waals surface area contributed by atoms with E-state index in [0.29, 0.717) is 12.0 Å². The molecule has 2 heterocycles. The summed E-state index contributed by atoms with van der Waals surface area (Å²) in [4.78, 5) is 10.9. The molecule has 0 saturated heterocycles. The molecule has 4 heteroatoms. The molecule has 0 fully saturated rings. The summed E-state index contributed by atoms with van der Waals surface area (Å²) in [6, 6.07) is 0. The lowest BCUT2D eigenvalue weighted by Gasteiger charge is -1.94. The molecule has 0 radical (unpaired) electrons. The van der Waals surface area contributed by atoms with Gasteiger partial charge in [0.2, 0.25) is 0 Å². The van der Waals surface area contributed by atoms with Crippen molar-refractivity contribution in [2.45, 2.75) is 32.7 Å². The van der Waals surface area contributed by atoms with Crippen LogP contribution in [0, 0.1) is 0 Å². The monoisotopic (exact) mass is 180 g/mol. The van der Waals surface area contributed by atoms with E-state index in [9.17, 15) is 4.79 Å². The van der Waals surface area contributed by atoms with Crippen molar-refractivity contribution in [3.63, 3.8) is 0 Å².